The van der Waals surface area contributed by atoms with Crippen molar-refractivity contribution in [2.45, 2.75) is 13.8 Å². The SMILES string of the molecule is CCOc1cc2ccccc2cc1C(=O)Nc1c(-c2ccccc2)nc2c(C)cccn12. The minimum Gasteiger partial charge on any atom is -0.493 e. The van der Waals surface area contributed by atoms with Crippen LogP contribution >= 0.6 is 0 Å². The van der Waals surface area contributed by atoms with Gasteiger partial charge in [0.2, 0.25) is 0 Å². The monoisotopic (exact) mass is 421 g/mol. The number of ether oxygens (including phenoxy) is 1. The number of amides is 1. The number of anilines is 1. The zero-order valence-corrected chi connectivity index (χ0v) is 18.0. The van der Waals surface area contributed by atoms with E-state index in [2.05, 4.69) is 5.32 Å². The fraction of sp³-hybridized carbons (Fsp3) is 0.111. The van der Waals surface area contributed by atoms with Gasteiger partial charge in [0.15, 0.2) is 0 Å². The number of benzene rings is 3. The topological polar surface area (TPSA) is 55.6 Å². The molecule has 158 valence electrons. The van der Waals surface area contributed by atoms with Crippen LogP contribution in [0.5, 0.6) is 5.75 Å². The van der Waals surface area contributed by atoms with Crippen LogP contribution in [0.25, 0.3) is 27.7 Å². The van der Waals surface area contributed by atoms with Crippen LogP contribution < -0.4 is 10.1 Å². The minimum atomic E-state index is -0.236. The van der Waals surface area contributed by atoms with Gasteiger partial charge in [-0.2, -0.15) is 0 Å². The van der Waals surface area contributed by atoms with Gasteiger partial charge in [-0.15, -0.1) is 0 Å². The van der Waals surface area contributed by atoms with Crippen LogP contribution in [0.1, 0.15) is 22.8 Å². The number of hydrogen-bond donors (Lipinski definition) is 1. The van der Waals surface area contributed by atoms with Crippen molar-refractivity contribution in [3.63, 3.8) is 0 Å². The highest BCUT2D eigenvalue weighted by Crippen LogP contribution is 2.32. The van der Waals surface area contributed by atoms with Gasteiger partial charge in [0.1, 0.15) is 22.9 Å². The number of fused-ring (bicyclic) bond motifs is 2. The average molecular weight is 422 g/mol. The quantitative estimate of drug-likeness (QED) is 0.372. The van der Waals surface area contributed by atoms with Crippen molar-refractivity contribution in [1.82, 2.24) is 9.38 Å². The standard InChI is InChI=1S/C27H23N3O2/c1-3-32-23-17-21-14-8-7-13-20(21)16-22(23)27(31)29-26-24(19-11-5-4-6-12-19)28-25-18(2)10-9-15-30(25)26/h4-17H,3H2,1-2H3,(H,29,31). The fourth-order valence-corrected chi connectivity index (χ4v) is 3.97. The summed E-state index contributed by atoms with van der Waals surface area (Å²) in [4.78, 5) is 18.4. The molecule has 0 aliphatic rings. The van der Waals surface area contributed by atoms with Gasteiger partial charge < -0.3 is 10.1 Å². The van der Waals surface area contributed by atoms with E-state index in [1.165, 1.54) is 0 Å². The van der Waals surface area contributed by atoms with E-state index >= 15 is 0 Å². The molecule has 0 bridgehead atoms. The first-order valence-electron chi connectivity index (χ1n) is 10.7. The number of aryl methyl sites for hydroxylation is 1. The zero-order valence-electron chi connectivity index (χ0n) is 18.0. The van der Waals surface area contributed by atoms with Gasteiger partial charge in [-0.25, -0.2) is 4.98 Å². The molecule has 5 rings (SSSR count). The maximum Gasteiger partial charge on any atom is 0.260 e. The van der Waals surface area contributed by atoms with Crippen LogP contribution in [0.3, 0.4) is 0 Å². The minimum absolute atomic E-state index is 0.236. The van der Waals surface area contributed by atoms with E-state index in [0.717, 1.165) is 33.2 Å². The molecule has 0 fully saturated rings. The number of carbonyl (C=O) groups excluding carboxylic acids is 1. The summed E-state index contributed by atoms with van der Waals surface area (Å²) in [5.41, 5.74) is 4.00. The first-order valence-corrected chi connectivity index (χ1v) is 10.7. The molecule has 5 nitrogen and oxygen atoms in total. The third kappa shape index (κ3) is 3.48. The third-order valence-corrected chi connectivity index (χ3v) is 5.52. The fourth-order valence-electron chi connectivity index (χ4n) is 3.97. The molecule has 0 saturated carbocycles. The molecule has 0 aliphatic carbocycles. The Bertz CT molecular complexity index is 1440. The number of aromatic nitrogens is 2. The number of rotatable bonds is 5. The first kappa shape index (κ1) is 19.8. The van der Waals surface area contributed by atoms with E-state index in [1.807, 2.05) is 103 Å². The van der Waals surface area contributed by atoms with E-state index in [4.69, 9.17) is 9.72 Å². The van der Waals surface area contributed by atoms with Gasteiger partial charge in [0, 0.05) is 11.8 Å². The van der Waals surface area contributed by atoms with Crippen LogP contribution in [-0.4, -0.2) is 21.9 Å². The smallest absolute Gasteiger partial charge is 0.260 e. The molecule has 1 amide bonds. The maximum atomic E-state index is 13.5. The lowest BCUT2D eigenvalue weighted by molar-refractivity contribution is 0.102. The van der Waals surface area contributed by atoms with Crippen LogP contribution in [0.2, 0.25) is 0 Å². The Labute approximate surface area is 186 Å². The molecule has 0 unspecified atom stereocenters. The highest BCUT2D eigenvalue weighted by Gasteiger charge is 2.20. The second kappa shape index (κ2) is 8.19. The van der Waals surface area contributed by atoms with Crippen molar-refractivity contribution in [3.8, 4) is 17.0 Å². The van der Waals surface area contributed by atoms with Crippen LogP contribution in [0.15, 0.2) is 85.1 Å². The average Bonchev–Trinajstić information content (AvgIpc) is 3.19. The Hall–Kier alpha value is -4.12. The van der Waals surface area contributed by atoms with Crippen molar-refractivity contribution >= 4 is 28.1 Å². The predicted molar refractivity (Wildman–Crippen MR) is 128 cm³/mol. The maximum absolute atomic E-state index is 13.5. The zero-order chi connectivity index (χ0) is 22.1. The van der Waals surface area contributed by atoms with E-state index < -0.39 is 0 Å². The summed E-state index contributed by atoms with van der Waals surface area (Å²) in [5, 5.41) is 5.14. The number of nitrogens with zero attached hydrogens (tertiary/aromatic N) is 2. The molecule has 0 atom stereocenters. The Balaban J connectivity index is 1.64. The Morgan fingerprint density at radius 2 is 1.69 bits per heavy atom. The lowest BCUT2D eigenvalue weighted by atomic mass is 10.1. The van der Waals surface area contributed by atoms with Crippen molar-refractivity contribution in [3.05, 3.63) is 96.2 Å². The first-order chi connectivity index (χ1) is 15.7. The summed E-state index contributed by atoms with van der Waals surface area (Å²) in [6.07, 6.45) is 1.92. The second-order valence-electron chi connectivity index (χ2n) is 7.64. The van der Waals surface area contributed by atoms with Crippen molar-refractivity contribution in [2.75, 3.05) is 11.9 Å². The van der Waals surface area contributed by atoms with Gasteiger partial charge in [-0.3, -0.25) is 9.20 Å². The summed E-state index contributed by atoms with van der Waals surface area (Å²) in [6, 6.07) is 25.6. The third-order valence-electron chi connectivity index (χ3n) is 5.52. The highest BCUT2D eigenvalue weighted by atomic mass is 16.5. The van der Waals surface area contributed by atoms with Gasteiger partial charge in [0.05, 0.1) is 12.2 Å². The van der Waals surface area contributed by atoms with Crippen molar-refractivity contribution < 1.29 is 9.53 Å². The molecule has 0 radical (unpaired) electrons. The molecule has 5 aromatic rings. The number of nitrogens with one attached hydrogen (secondary N) is 1. The molecule has 0 spiro atoms. The van der Waals surface area contributed by atoms with E-state index in [0.29, 0.717) is 23.7 Å². The highest BCUT2D eigenvalue weighted by molar-refractivity contribution is 6.09. The van der Waals surface area contributed by atoms with E-state index in [1.54, 1.807) is 0 Å². The molecular formula is C27H23N3O2. The Kier molecular flexibility index (Phi) is 5.07. The van der Waals surface area contributed by atoms with Gasteiger partial charge in [-0.1, -0.05) is 60.7 Å². The van der Waals surface area contributed by atoms with Crippen LogP contribution in [-0.2, 0) is 0 Å². The number of carbonyl (C=O) groups is 1. The summed E-state index contributed by atoms with van der Waals surface area (Å²) in [5.74, 6) is 0.963. The molecule has 5 heteroatoms. The molecule has 0 saturated heterocycles. The lowest BCUT2D eigenvalue weighted by Gasteiger charge is -2.13. The summed E-state index contributed by atoms with van der Waals surface area (Å²) in [6.45, 7) is 4.40. The van der Waals surface area contributed by atoms with Crippen LogP contribution in [0.4, 0.5) is 5.82 Å². The normalized spacial score (nSPS) is 11.1. The Morgan fingerprint density at radius 1 is 0.969 bits per heavy atom. The second-order valence-corrected chi connectivity index (χ2v) is 7.64. The van der Waals surface area contributed by atoms with E-state index in [9.17, 15) is 4.79 Å². The molecule has 0 aliphatic heterocycles. The molecule has 32 heavy (non-hydrogen) atoms. The van der Waals surface area contributed by atoms with Gasteiger partial charge in [-0.05, 0) is 48.4 Å². The predicted octanol–water partition coefficient (Wildman–Crippen LogP) is 6.11. The molecule has 3 aromatic carbocycles. The van der Waals surface area contributed by atoms with E-state index in [-0.39, 0.29) is 5.91 Å². The summed E-state index contributed by atoms with van der Waals surface area (Å²) < 4.78 is 7.75. The molecular weight excluding hydrogens is 398 g/mol. The molecule has 1 N–H and O–H groups in total. The summed E-state index contributed by atoms with van der Waals surface area (Å²) >= 11 is 0. The number of imidazole rings is 1. The molecule has 2 aromatic heterocycles. The van der Waals surface area contributed by atoms with Crippen molar-refractivity contribution in [1.29, 1.82) is 0 Å². The summed E-state index contributed by atoms with van der Waals surface area (Å²) in [7, 11) is 0. The number of hydrogen-bond acceptors (Lipinski definition) is 3. The van der Waals surface area contributed by atoms with Crippen LogP contribution in [0, 0.1) is 6.92 Å². The van der Waals surface area contributed by atoms with Gasteiger partial charge >= 0.3 is 0 Å². The number of pyridine rings is 1. The Morgan fingerprint density at radius 3 is 2.44 bits per heavy atom. The van der Waals surface area contributed by atoms with Crippen molar-refractivity contribution in [2.24, 2.45) is 0 Å². The largest absolute Gasteiger partial charge is 0.493 e. The molecule has 2 heterocycles. The van der Waals surface area contributed by atoms with Gasteiger partial charge in [0.25, 0.3) is 5.91 Å². The lowest BCUT2D eigenvalue weighted by Crippen LogP contribution is -2.15.